The molecule has 0 bridgehead atoms. The SMILES string of the molecule is O=C([C@@H]1CC12CCOCC2)N(Cc1ccsc1)[C@H]1CC12CCNCC2. The van der Waals surface area contributed by atoms with Gasteiger partial charge in [0.05, 0.1) is 0 Å². The lowest BCUT2D eigenvalue weighted by Gasteiger charge is -2.31. The normalized spacial score (nSPS) is 31.8. The van der Waals surface area contributed by atoms with Crippen molar-refractivity contribution in [3.63, 3.8) is 0 Å². The first-order valence-electron chi connectivity index (χ1n) is 9.83. The van der Waals surface area contributed by atoms with Gasteiger partial charge < -0.3 is 15.0 Å². The van der Waals surface area contributed by atoms with Crippen LogP contribution in [0.25, 0.3) is 0 Å². The van der Waals surface area contributed by atoms with Crippen molar-refractivity contribution >= 4 is 17.2 Å². The van der Waals surface area contributed by atoms with Crippen LogP contribution in [0.15, 0.2) is 16.8 Å². The number of hydrogen-bond acceptors (Lipinski definition) is 4. The molecule has 0 unspecified atom stereocenters. The minimum atomic E-state index is 0.259. The number of hydrogen-bond donors (Lipinski definition) is 1. The third kappa shape index (κ3) is 2.84. The molecule has 2 aliphatic heterocycles. The molecule has 2 spiro atoms. The van der Waals surface area contributed by atoms with E-state index in [4.69, 9.17) is 4.74 Å². The topological polar surface area (TPSA) is 41.6 Å². The second-order valence-corrected chi connectivity index (χ2v) is 9.44. The van der Waals surface area contributed by atoms with Gasteiger partial charge in [-0.05, 0) is 84.8 Å². The molecule has 3 heterocycles. The van der Waals surface area contributed by atoms with E-state index in [9.17, 15) is 4.79 Å². The van der Waals surface area contributed by atoms with Crippen molar-refractivity contribution in [1.82, 2.24) is 10.2 Å². The molecule has 25 heavy (non-hydrogen) atoms. The Balaban J connectivity index is 1.34. The molecule has 2 saturated heterocycles. The number of nitrogens with zero attached hydrogens (tertiary/aromatic N) is 1. The maximum Gasteiger partial charge on any atom is 0.226 e. The summed E-state index contributed by atoms with van der Waals surface area (Å²) in [6.07, 6.45) is 6.93. The monoisotopic (exact) mass is 360 g/mol. The predicted molar refractivity (Wildman–Crippen MR) is 98.4 cm³/mol. The lowest BCUT2D eigenvalue weighted by atomic mass is 9.92. The van der Waals surface area contributed by atoms with Crippen LogP contribution in [0.3, 0.4) is 0 Å². The summed E-state index contributed by atoms with van der Waals surface area (Å²) in [5, 5.41) is 7.81. The predicted octanol–water partition coefficient (Wildman–Crippen LogP) is 3.04. The van der Waals surface area contributed by atoms with Crippen LogP contribution in [0.4, 0.5) is 0 Å². The van der Waals surface area contributed by atoms with Gasteiger partial charge in [-0.1, -0.05) is 0 Å². The molecule has 2 saturated carbocycles. The smallest absolute Gasteiger partial charge is 0.226 e. The zero-order valence-corrected chi connectivity index (χ0v) is 15.7. The van der Waals surface area contributed by atoms with Gasteiger partial charge in [-0.15, -0.1) is 0 Å². The second kappa shape index (κ2) is 6.07. The Morgan fingerprint density at radius 3 is 2.72 bits per heavy atom. The van der Waals surface area contributed by atoms with Crippen molar-refractivity contribution in [3.8, 4) is 0 Å². The van der Waals surface area contributed by atoms with E-state index in [1.807, 2.05) is 0 Å². The molecule has 1 N–H and O–H groups in total. The molecule has 136 valence electrons. The molecule has 5 rings (SSSR count). The zero-order valence-electron chi connectivity index (χ0n) is 14.8. The molecule has 0 radical (unpaired) electrons. The highest BCUT2D eigenvalue weighted by Crippen LogP contribution is 2.62. The van der Waals surface area contributed by atoms with Crippen molar-refractivity contribution in [2.75, 3.05) is 26.3 Å². The minimum Gasteiger partial charge on any atom is -0.381 e. The number of ether oxygens (including phenoxy) is 1. The summed E-state index contributed by atoms with van der Waals surface area (Å²) in [7, 11) is 0. The molecular formula is C20H28N2O2S. The van der Waals surface area contributed by atoms with Crippen molar-refractivity contribution in [3.05, 3.63) is 22.4 Å². The molecule has 2 atom stereocenters. The molecule has 4 aliphatic rings. The number of carbonyl (C=O) groups is 1. The largest absolute Gasteiger partial charge is 0.381 e. The maximum atomic E-state index is 13.5. The second-order valence-electron chi connectivity index (χ2n) is 8.66. The van der Waals surface area contributed by atoms with Gasteiger partial charge in [-0.2, -0.15) is 11.3 Å². The van der Waals surface area contributed by atoms with Crippen LogP contribution >= 0.6 is 11.3 Å². The highest BCUT2D eigenvalue weighted by atomic mass is 32.1. The lowest BCUT2D eigenvalue weighted by Crippen LogP contribution is -2.40. The Bertz CT molecular complexity index is 632. The number of thiophene rings is 1. The summed E-state index contributed by atoms with van der Waals surface area (Å²) in [4.78, 5) is 15.8. The number of nitrogens with one attached hydrogen (secondary N) is 1. The fourth-order valence-corrected chi connectivity index (χ4v) is 6.04. The maximum absolute atomic E-state index is 13.5. The molecule has 0 aromatic carbocycles. The first-order valence-corrected chi connectivity index (χ1v) is 10.8. The fourth-order valence-electron chi connectivity index (χ4n) is 5.38. The first-order chi connectivity index (χ1) is 12.2. The van der Waals surface area contributed by atoms with Crippen molar-refractivity contribution in [2.24, 2.45) is 16.7 Å². The molecule has 1 aromatic heterocycles. The first kappa shape index (κ1) is 16.3. The van der Waals surface area contributed by atoms with E-state index in [0.29, 0.717) is 17.4 Å². The molecule has 1 aromatic rings. The van der Waals surface area contributed by atoms with Crippen molar-refractivity contribution in [1.29, 1.82) is 0 Å². The molecule has 1 amide bonds. The van der Waals surface area contributed by atoms with E-state index < -0.39 is 0 Å². The van der Waals surface area contributed by atoms with Crippen LogP contribution in [0, 0.1) is 16.7 Å². The van der Waals surface area contributed by atoms with E-state index in [2.05, 4.69) is 27.0 Å². The Morgan fingerprint density at radius 2 is 2.00 bits per heavy atom. The van der Waals surface area contributed by atoms with Crippen LogP contribution in [-0.4, -0.2) is 43.2 Å². The highest BCUT2D eigenvalue weighted by Gasteiger charge is 2.63. The summed E-state index contributed by atoms with van der Waals surface area (Å²) in [6, 6.07) is 2.65. The fraction of sp³-hybridized carbons (Fsp3) is 0.750. The summed E-state index contributed by atoms with van der Waals surface area (Å²) >= 11 is 1.73. The zero-order chi connectivity index (χ0) is 16.9. The van der Waals surface area contributed by atoms with E-state index in [-0.39, 0.29) is 11.3 Å². The van der Waals surface area contributed by atoms with E-state index in [1.54, 1.807) is 11.3 Å². The summed E-state index contributed by atoms with van der Waals surface area (Å²) in [5.74, 6) is 0.697. The summed E-state index contributed by atoms with van der Waals surface area (Å²) < 4.78 is 5.54. The number of piperidine rings is 1. The average Bonchev–Trinajstić information content (AvgIpc) is 3.43. The van der Waals surface area contributed by atoms with Gasteiger partial charge >= 0.3 is 0 Å². The van der Waals surface area contributed by atoms with E-state index in [1.165, 1.54) is 24.8 Å². The summed E-state index contributed by atoms with van der Waals surface area (Å²) in [6.45, 7) is 4.72. The highest BCUT2D eigenvalue weighted by molar-refractivity contribution is 7.07. The van der Waals surface area contributed by atoms with Crippen LogP contribution in [-0.2, 0) is 16.1 Å². The third-order valence-corrected chi connectivity index (χ3v) is 8.05. The molecule has 5 heteroatoms. The Kier molecular flexibility index (Phi) is 3.95. The van der Waals surface area contributed by atoms with Gasteiger partial charge in [0.1, 0.15) is 0 Å². The van der Waals surface area contributed by atoms with E-state index >= 15 is 0 Å². The Hall–Kier alpha value is -0.910. The van der Waals surface area contributed by atoms with Gasteiger partial charge in [-0.3, -0.25) is 4.79 Å². The summed E-state index contributed by atoms with van der Waals surface area (Å²) in [5.41, 5.74) is 1.99. The number of amides is 1. The van der Waals surface area contributed by atoms with Crippen LogP contribution < -0.4 is 5.32 Å². The number of carbonyl (C=O) groups excluding carboxylic acids is 1. The quantitative estimate of drug-likeness (QED) is 0.897. The van der Waals surface area contributed by atoms with Crippen LogP contribution in [0.1, 0.15) is 44.1 Å². The van der Waals surface area contributed by atoms with Gasteiger partial charge in [0.25, 0.3) is 0 Å². The average molecular weight is 361 g/mol. The molecule has 4 fully saturated rings. The van der Waals surface area contributed by atoms with Gasteiger partial charge in [0.2, 0.25) is 5.91 Å². The standard InChI is InChI=1S/C20H28N2O2S/c23-18(16-11-19(16)4-8-24-9-5-19)22(13-15-1-10-25-14-15)17-12-20(17)2-6-21-7-3-20/h1,10,14,16-17,21H,2-9,11-13H2/t16-,17-/m0/s1. The third-order valence-electron chi connectivity index (χ3n) is 7.31. The molecular weight excluding hydrogens is 332 g/mol. The van der Waals surface area contributed by atoms with Gasteiger partial charge in [0, 0.05) is 31.7 Å². The Morgan fingerprint density at radius 1 is 1.20 bits per heavy atom. The van der Waals surface area contributed by atoms with Crippen LogP contribution in [0.2, 0.25) is 0 Å². The number of rotatable bonds is 4. The Labute approximate surface area is 153 Å². The van der Waals surface area contributed by atoms with E-state index in [0.717, 1.165) is 52.1 Å². The van der Waals surface area contributed by atoms with Gasteiger partial charge in [0.15, 0.2) is 0 Å². The van der Waals surface area contributed by atoms with Gasteiger partial charge in [-0.25, -0.2) is 0 Å². The molecule has 4 nitrogen and oxygen atoms in total. The minimum absolute atomic E-state index is 0.259. The molecule has 2 aliphatic carbocycles. The van der Waals surface area contributed by atoms with Crippen LogP contribution in [0.5, 0.6) is 0 Å². The van der Waals surface area contributed by atoms with Crippen molar-refractivity contribution in [2.45, 2.75) is 51.1 Å². The van der Waals surface area contributed by atoms with Crippen molar-refractivity contribution < 1.29 is 9.53 Å². The lowest BCUT2D eigenvalue weighted by molar-refractivity contribution is -0.136.